The summed E-state index contributed by atoms with van der Waals surface area (Å²) in [6.45, 7) is 5.78. The molecule has 146 valence electrons. The molecular weight excluding hydrogens is 374 g/mol. The molecule has 1 aliphatic heterocycles. The lowest BCUT2D eigenvalue weighted by molar-refractivity contribution is 0.214. The molecule has 0 aliphatic carbocycles. The molecular formula is C18H28ClN3O3S. The number of urea groups is 1. The Morgan fingerprint density at radius 3 is 2.38 bits per heavy atom. The quantitative estimate of drug-likeness (QED) is 0.790. The van der Waals surface area contributed by atoms with Crippen molar-refractivity contribution in [3.8, 4) is 0 Å². The largest absolute Gasteiger partial charge is 0.323 e. The van der Waals surface area contributed by atoms with Crippen molar-refractivity contribution in [2.24, 2.45) is 5.92 Å². The van der Waals surface area contributed by atoms with Crippen LogP contribution in [0.4, 0.5) is 10.5 Å². The summed E-state index contributed by atoms with van der Waals surface area (Å²) >= 11 is 5.85. The Morgan fingerprint density at radius 2 is 1.77 bits per heavy atom. The molecule has 0 atom stereocenters. The third kappa shape index (κ3) is 5.86. The summed E-state index contributed by atoms with van der Waals surface area (Å²) in [5, 5.41) is 3.44. The van der Waals surface area contributed by atoms with Crippen molar-refractivity contribution in [2.75, 3.05) is 37.2 Å². The molecule has 1 aromatic carbocycles. The van der Waals surface area contributed by atoms with E-state index in [9.17, 15) is 13.2 Å². The number of halogens is 1. The summed E-state index contributed by atoms with van der Waals surface area (Å²) in [6.07, 6.45) is 2.36. The molecule has 0 bridgehead atoms. The zero-order valence-electron chi connectivity index (χ0n) is 15.4. The van der Waals surface area contributed by atoms with Crippen molar-refractivity contribution in [1.82, 2.24) is 9.21 Å². The minimum atomic E-state index is -3.28. The van der Waals surface area contributed by atoms with Gasteiger partial charge in [-0.2, -0.15) is 0 Å². The lowest BCUT2D eigenvalue weighted by Gasteiger charge is -2.23. The van der Waals surface area contributed by atoms with Gasteiger partial charge in [-0.3, -0.25) is 0 Å². The van der Waals surface area contributed by atoms with E-state index in [-0.39, 0.29) is 17.7 Å². The molecule has 8 heteroatoms. The van der Waals surface area contributed by atoms with E-state index in [1.807, 2.05) is 13.8 Å². The van der Waals surface area contributed by atoms with Gasteiger partial charge in [0.2, 0.25) is 10.0 Å². The van der Waals surface area contributed by atoms with Crippen molar-refractivity contribution >= 4 is 33.3 Å². The summed E-state index contributed by atoms with van der Waals surface area (Å²) in [5.41, 5.74) is 0.668. The summed E-state index contributed by atoms with van der Waals surface area (Å²) in [7, 11) is -3.28. The molecule has 1 aliphatic rings. The number of hydrogen-bond acceptors (Lipinski definition) is 3. The molecule has 2 rings (SSSR count). The smallest absolute Gasteiger partial charge is 0.321 e. The highest BCUT2D eigenvalue weighted by molar-refractivity contribution is 7.89. The fourth-order valence-electron chi connectivity index (χ4n) is 3.04. The average Bonchev–Trinajstić information content (AvgIpc) is 2.88. The number of carbonyl (C=O) groups excluding carboxylic acids is 1. The standard InChI is InChI=1S/C18H28ClN3O3S/c1-3-15(4-2)14-26(24,25)22-11-5-10-21(12-13-22)18(23)20-17-8-6-16(19)7-9-17/h6-9,15H,3-5,10-14H2,1-2H3,(H,20,23). The minimum Gasteiger partial charge on any atom is -0.323 e. The zero-order chi connectivity index (χ0) is 19.2. The zero-order valence-corrected chi connectivity index (χ0v) is 17.0. The molecule has 1 heterocycles. The Balaban J connectivity index is 1.94. The van der Waals surface area contributed by atoms with Crippen molar-refractivity contribution in [2.45, 2.75) is 33.1 Å². The first kappa shape index (κ1) is 21.0. The summed E-state index contributed by atoms with van der Waals surface area (Å²) in [6, 6.07) is 6.69. The molecule has 26 heavy (non-hydrogen) atoms. The fraction of sp³-hybridized carbons (Fsp3) is 0.611. The van der Waals surface area contributed by atoms with Gasteiger partial charge in [0.05, 0.1) is 5.75 Å². The third-order valence-corrected chi connectivity index (χ3v) is 7.13. The predicted molar refractivity (Wildman–Crippen MR) is 106 cm³/mol. The molecule has 1 N–H and O–H groups in total. The van der Waals surface area contributed by atoms with Gasteiger partial charge in [0.15, 0.2) is 0 Å². The van der Waals surface area contributed by atoms with E-state index in [2.05, 4.69) is 5.32 Å². The van der Waals surface area contributed by atoms with E-state index in [4.69, 9.17) is 11.6 Å². The highest BCUT2D eigenvalue weighted by Crippen LogP contribution is 2.17. The van der Waals surface area contributed by atoms with Crippen LogP contribution in [-0.4, -0.2) is 55.6 Å². The Bertz CT molecular complexity index is 690. The first-order valence-corrected chi connectivity index (χ1v) is 11.1. The van der Waals surface area contributed by atoms with Crippen molar-refractivity contribution in [1.29, 1.82) is 0 Å². The molecule has 0 unspecified atom stereocenters. The minimum absolute atomic E-state index is 0.188. The average molecular weight is 402 g/mol. The number of nitrogens with one attached hydrogen (secondary N) is 1. The lowest BCUT2D eigenvalue weighted by atomic mass is 10.1. The number of benzene rings is 1. The molecule has 0 spiro atoms. The molecule has 1 saturated heterocycles. The molecule has 0 aromatic heterocycles. The van der Waals surface area contributed by atoms with Crippen LogP contribution in [0.2, 0.25) is 5.02 Å². The summed E-state index contributed by atoms with van der Waals surface area (Å²) < 4.78 is 26.9. The van der Waals surface area contributed by atoms with Crippen LogP contribution in [0.3, 0.4) is 0 Å². The van der Waals surface area contributed by atoms with E-state index in [1.165, 1.54) is 0 Å². The van der Waals surface area contributed by atoms with Crippen molar-refractivity contribution in [3.63, 3.8) is 0 Å². The Morgan fingerprint density at radius 1 is 1.12 bits per heavy atom. The van der Waals surface area contributed by atoms with E-state index < -0.39 is 10.0 Å². The number of anilines is 1. The van der Waals surface area contributed by atoms with Crippen LogP contribution < -0.4 is 5.32 Å². The SMILES string of the molecule is CCC(CC)CS(=O)(=O)N1CCCN(C(=O)Nc2ccc(Cl)cc2)CC1. The highest BCUT2D eigenvalue weighted by Gasteiger charge is 2.28. The number of sulfonamides is 1. The van der Waals surface area contributed by atoms with Gasteiger partial charge in [-0.25, -0.2) is 17.5 Å². The van der Waals surface area contributed by atoms with Gasteiger partial charge in [0.1, 0.15) is 0 Å². The molecule has 6 nitrogen and oxygen atoms in total. The first-order chi connectivity index (χ1) is 12.4. The molecule has 1 fully saturated rings. The van der Waals surface area contributed by atoms with Crippen molar-refractivity contribution < 1.29 is 13.2 Å². The lowest BCUT2D eigenvalue weighted by Crippen LogP contribution is -2.40. The van der Waals surface area contributed by atoms with Crippen LogP contribution >= 0.6 is 11.6 Å². The molecule has 0 radical (unpaired) electrons. The number of hydrogen-bond donors (Lipinski definition) is 1. The predicted octanol–water partition coefficient (Wildman–Crippen LogP) is 3.65. The Kier molecular flexibility index (Phi) is 7.73. The maximum Gasteiger partial charge on any atom is 0.321 e. The van der Waals surface area contributed by atoms with Crippen LogP contribution in [0.25, 0.3) is 0 Å². The molecule has 1 aromatic rings. The fourth-order valence-corrected chi connectivity index (χ4v) is 5.21. The monoisotopic (exact) mass is 401 g/mol. The number of carbonyl (C=O) groups is 1. The number of amides is 2. The normalized spacial score (nSPS) is 16.5. The van der Waals surface area contributed by atoms with E-state index >= 15 is 0 Å². The van der Waals surface area contributed by atoms with E-state index in [0.29, 0.717) is 43.3 Å². The third-order valence-electron chi connectivity index (χ3n) is 4.83. The van der Waals surface area contributed by atoms with Crippen LogP contribution in [0, 0.1) is 5.92 Å². The van der Waals surface area contributed by atoms with Gasteiger partial charge in [0, 0.05) is 36.9 Å². The van der Waals surface area contributed by atoms with Gasteiger partial charge in [-0.05, 0) is 36.6 Å². The topological polar surface area (TPSA) is 69.7 Å². The van der Waals surface area contributed by atoms with E-state index in [0.717, 1.165) is 12.8 Å². The first-order valence-electron chi connectivity index (χ1n) is 9.15. The van der Waals surface area contributed by atoms with Gasteiger partial charge >= 0.3 is 6.03 Å². The van der Waals surface area contributed by atoms with Gasteiger partial charge in [-0.15, -0.1) is 0 Å². The maximum atomic E-state index is 12.7. The highest BCUT2D eigenvalue weighted by atomic mass is 35.5. The number of rotatable bonds is 6. The maximum absolute atomic E-state index is 12.7. The van der Waals surface area contributed by atoms with Crippen LogP contribution in [0.15, 0.2) is 24.3 Å². The molecule has 0 saturated carbocycles. The Labute approximate surface area is 161 Å². The van der Waals surface area contributed by atoms with E-state index in [1.54, 1.807) is 33.5 Å². The van der Waals surface area contributed by atoms with Gasteiger partial charge in [-0.1, -0.05) is 38.3 Å². The van der Waals surface area contributed by atoms with Crippen LogP contribution in [-0.2, 0) is 10.0 Å². The molecule has 2 amide bonds. The van der Waals surface area contributed by atoms with Gasteiger partial charge < -0.3 is 10.2 Å². The summed E-state index contributed by atoms with van der Waals surface area (Å²) in [5.74, 6) is 0.379. The second-order valence-corrected chi connectivity index (χ2v) is 9.09. The van der Waals surface area contributed by atoms with Crippen LogP contribution in [0.1, 0.15) is 33.1 Å². The van der Waals surface area contributed by atoms with Crippen LogP contribution in [0.5, 0.6) is 0 Å². The summed E-state index contributed by atoms with van der Waals surface area (Å²) in [4.78, 5) is 14.1. The Hall–Kier alpha value is -1.31. The second kappa shape index (κ2) is 9.58. The second-order valence-electron chi connectivity index (χ2n) is 6.64. The number of nitrogens with zero attached hydrogens (tertiary/aromatic N) is 2. The van der Waals surface area contributed by atoms with Crippen molar-refractivity contribution in [3.05, 3.63) is 29.3 Å². The van der Waals surface area contributed by atoms with Gasteiger partial charge in [0.25, 0.3) is 0 Å².